The number of carbonyl (C=O) groups is 1. The van der Waals surface area contributed by atoms with Crippen molar-refractivity contribution >= 4 is 5.97 Å². The van der Waals surface area contributed by atoms with Crippen LogP contribution >= 0.6 is 0 Å². The molecule has 5 nitrogen and oxygen atoms in total. The van der Waals surface area contributed by atoms with Crippen LogP contribution in [-0.2, 0) is 16.0 Å². The zero-order valence-corrected chi connectivity index (χ0v) is 12.5. The highest BCUT2D eigenvalue weighted by Gasteiger charge is 2.12. The van der Waals surface area contributed by atoms with Gasteiger partial charge < -0.3 is 14.6 Å². The Morgan fingerprint density at radius 3 is 2.52 bits per heavy atom. The van der Waals surface area contributed by atoms with Gasteiger partial charge in [0.05, 0.1) is 12.2 Å². The van der Waals surface area contributed by atoms with Crippen molar-refractivity contribution in [3.63, 3.8) is 0 Å². The third-order valence-electron chi connectivity index (χ3n) is 3.10. The molecule has 0 saturated heterocycles. The van der Waals surface area contributed by atoms with Crippen LogP contribution in [0, 0.1) is 5.82 Å². The maximum absolute atomic E-state index is 13.7. The van der Waals surface area contributed by atoms with Gasteiger partial charge in [0.15, 0.2) is 0 Å². The van der Waals surface area contributed by atoms with Crippen LogP contribution in [0.3, 0.4) is 0 Å². The molecule has 1 aromatic rings. The van der Waals surface area contributed by atoms with Gasteiger partial charge in [0.2, 0.25) is 0 Å². The van der Waals surface area contributed by atoms with E-state index in [-0.39, 0.29) is 5.56 Å². The zero-order valence-electron chi connectivity index (χ0n) is 12.5. The number of hydrogen-bond donors (Lipinski definition) is 1. The standard InChI is InChI=1S/C15H22FNO4/c1-20-8-3-6-17(7-9-21-2)11-12-4-5-13(15(18)19)14(16)10-12/h4-5,10H,3,6-9,11H2,1-2H3,(H,18,19). The van der Waals surface area contributed by atoms with Crippen LogP contribution < -0.4 is 0 Å². The van der Waals surface area contributed by atoms with E-state index in [0.717, 1.165) is 25.1 Å². The minimum atomic E-state index is -1.25. The first-order valence-corrected chi connectivity index (χ1v) is 6.80. The first-order valence-electron chi connectivity index (χ1n) is 6.80. The molecule has 0 atom stereocenters. The number of methoxy groups -OCH3 is 2. The lowest BCUT2D eigenvalue weighted by molar-refractivity contribution is 0.0692. The summed E-state index contributed by atoms with van der Waals surface area (Å²) in [4.78, 5) is 12.9. The van der Waals surface area contributed by atoms with Crippen LogP contribution in [0.2, 0.25) is 0 Å². The van der Waals surface area contributed by atoms with Crippen LogP contribution in [0.25, 0.3) is 0 Å². The van der Waals surface area contributed by atoms with E-state index in [1.54, 1.807) is 20.3 Å². The highest BCUT2D eigenvalue weighted by atomic mass is 19.1. The average Bonchev–Trinajstić information content (AvgIpc) is 2.44. The van der Waals surface area contributed by atoms with E-state index in [2.05, 4.69) is 4.90 Å². The molecular weight excluding hydrogens is 277 g/mol. The molecule has 0 unspecified atom stereocenters. The molecule has 0 bridgehead atoms. The predicted octanol–water partition coefficient (Wildman–Crippen LogP) is 2.01. The maximum Gasteiger partial charge on any atom is 0.338 e. The van der Waals surface area contributed by atoms with Gasteiger partial charge in [-0.15, -0.1) is 0 Å². The largest absolute Gasteiger partial charge is 0.478 e. The quantitative estimate of drug-likeness (QED) is 0.670. The molecule has 0 aliphatic rings. The van der Waals surface area contributed by atoms with Gasteiger partial charge in [0.1, 0.15) is 5.82 Å². The fourth-order valence-corrected chi connectivity index (χ4v) is 2.01. The van der Waals surface area contributed by atoms with Gasteiger partial charge in [0, 0.05) is 40.5 Å². The Hall–Kier alpha value is -1.50. The number of halogens is 1. The summed E-state index contributed by atoms with van der Waals surface area (Å²) in [7, 11) is 3.29. The number of rotatable bonds is 10. The van der Waals surface area contributed by atoms with Crippen molar-refractivity contribution in [2.75, 3.05) is 40.5 Å². The SMILES string of the molecule is COCCCN(CCOC)Cc1ccc(C(=O)O)c(F)c1. The van der Waals surface area contributed by atoms with Gasteiger partial charge in [-0.05, 0) is 24.1 Å². The Morgan fingerprint density at radius 2 is 1.95 bits per heavy atom. The van der Waals surface area contributed by atoms with E-state index in [1.807, 2.05) is 0 Å². The minimum Gasteiger partial charge on any atom is -0.478 e. The summed E-state index contributed by atoms with van der Waals surface area (Å²) in [6, 6.07) is 4.22. The van der Waals surface area contributed by atoms with Gasteiger partial charge >= 0.3 is 5.97 Å². The molecule has 21 heavy (non-hydrogen) atoms. The van der Waals surface area contributed by atoms with Gasteiger partial charge in [-0.2, -0.15) is 0 Å². The maximum atomic E-state index is 13.7. The molecule has 1 aromatic carbocycles. The molecule has 0 aromatic heterocycles. The zero-order chi connectivity index (χ0) is 15.7. The molecular formula is C15H22FNO4. The van der Waals surface area contributed by atoms with Gasteiger partial charge in [-0.3, -0.25) is 4.90 Å². The first kappa shape index (κ1) is 17.6. The molecule has 0 heterocycles. The molecule has 1 rings (SSSR count). The lowest BCUT2D eigenvalue weighted by Crippen LogP contribution is -2.28. The Morgan fingerprint density at radius 1 is 1.24 bits per heavy atom. The summed E-state index contributed by atoms with van der Waals surface area (Å²) in [5, 5.41) is 8.82. The Balaban J connectivity index is 2.68. The summed E-state index contributed by atoms with van der Waals surface area (Å²) in [5.41, 5.74) is 0.438. The fraction of sp³-hybridized carbons (Fsp3) is 0.533. The number of carboxylic acid groups (broad SMARTS) is 1. The lowest BCUT2D eigenvalue weighted by Gasteiger charge is -2.22. The molecule has 6 heteroatoms. The van der Waals surface area contributed by atoms with Crippen molar-refractivity contribution in [2.45, 2.75) is 13.0 Å². The smallest absolute Gasteiger partial charge is 0.338 e. The first-order chi connectivity index (χ1) is 10.1. The Kier molecular flexibility index (Phi) is 7.89. The van der Waals surface area contributed by atoms with Crippen LogP contribution in [0.15, 0.2) is 18.2 Å². The molecule has 0 aliphatic carbocycles. The van der Waals surface area contributed by atoms with Gasteiger partial charge in [0.25, 0.3) is 0 Å². The number of benzene rings is 1. The number of carboxylic acids is 1. The van der Waals surface area contributed by atoms with Crippen molar-refractivity contribution in [1.82, 2.24) is 4.90 Å². The third-order valence-corrected chi connectivity index (χ3v) is 3.10. The molecule has 0 amide bonds. The lowest BCUT2D eigenvalue weighted by atomic mass is 10.1. The molecule has 1 N–H and O–H groups in total. The monoisotopic (exact) mass is 299 g/mol. The van der Waals surface area contributed by atoms with Crippen molar-refractivity contribution < 1.29 is 23.8 Å². The van der Waals surface area contributed by atoms with Crippen molar-refractivity contribution in [3.05, 3.63) is 35.1 Å². The van der Waals surface area contributed by atoms with Crippen LogP contribution in [0.1, 0.15) is 22.3 Å². The minimum absolute atomic E-state index is 0.304. The average molecular weight is 299 g/mol. The number of hydrogen-bond acceptors (Lipinski definition) is 4. The molecule has 0 spiro atoms. The second-order valence-electron chi connectivity index (χ2n) is 4.73. The van der Waals surface area contributed by atoms with E-state index in [9.17, 15) is 9.18 Å². The van der Waals surface area contributed by atoms with Crippen molar-refractivity contribution in [1.29, 1.82) is 0 Å². The molecule has 118 valence electrons. The molecule has 0 saturated carbocycles. The second kappa shape index (κ2) is 9.44. The van der Waals surface area contributed by atoms with E-state index < -0.39 is 11.8 Å². The predicted molar refractivity (Wildman–Crippen MR) is 77.0 cm³/mol. The summed E-state index contributed by atoms with van der Waals surface area (Å²) < 4.78 is 23.8. The van der Waals surface area contributed by atoms with Crippen molar-refractivity contribution in [3.8, 4) is 0 Å². The molecule has 0 aliphatic heterocycles. The highest BCUT2D eigenvalue weighted by Crippen LogP contribution is 2.13. The number of nitrogens with zero attached hydrogens (tertiary/aromatic N) is 1. The van der Waals surface area contributed by atoms with E-state index in [1.165, 1.54) is 12.1 Å². The normalized spacial score (nSPS) is 11.0. The molecule has 0 fully saturated rings. The third kappa shape index (κ3) is 6.20. The van der Waals surface area contributed by atoms with Crippen LogP contribution in [0.5, 0.6) is 0 Å². The summed E-state index contributed by atoms with van der Waals surface area (Å²) in [6.45, 7) is 3.32. The van der Waals surface area contributed by atoms with E-state index in [4.69, 9.17) is 14.6 Å². The van der Waals surface area contributed by atoms with E-state index in [0.29, 0.717) is 19.8 Å². The van der Waals surface area contributed by atoms with Crippen LogP contribution in [-0.4, -0.2) is 56.5 Å². The Labute approximate surface area is 124 Å². The number of aromatic carboxylic acids is 1. The van der Waals surface area contributed by atoms with Gasteiger partial charge in [-0.25, -0.2) is 9.18 Å². The van der Waals surface area contributed by atoms with E-state index >= 15 is 0 Å². The summed E-state index contributed by atoms with van der Waals surface area (Å²) in [5.74, 6) is -1.96. The van der Waals surface area contributed by atoms with Crippen molar-refractivity contribution in [2.24, 2.45) is 0 Å². The van der Waals surface area contributed by atoms with Gasteiger partial charge in [-0.1, -0.05) is 6.07 Å². The fourth-order valence-electron chi connectivity index (χ4n) is 2.01. The Bertz CT molecular complexity index is 453. The van der Waals surface area contributed by atoms with Crippen LogP contribution in [0.4, 0.5) is 4.39 Å². The highest BCUT2D eigenvalue weighted by molar-refractivity contribution is 5.87. The summed E-state index contributed by atoms with van der Waals surface area (Å²) in [6.07, 6.45) is 0.871. The molecule has 0 radical (unpaired) electrons. The number of ether oxygens (including phenoxy) is 2. The second-order valence-corrected chi connectivity index (χ2v) is 4.73. The summed E-state index contributed by atoms with van der Waals surface area (Å²) >= 11 is 0. The topological polar surface area (TPSA) is 59.0 Å².